The predicted octanol–water partition coefficient (Wildman–Crippen LogP) is 2.24. The van der Waals surface area contributed by atoms with Gasteiger partial charge >= 0.3 is 0 Å². The summed E-state index contributed by atoms with van der Waals surface area (Å²) in [6.45, 7) is 7.07. The highest BCUT2D eigenvalue weighted by atomic mass is 16.5. The number of piperazine rings is 1. The Balaban J connectivity index is 1.64. The summed E-state index contributed by atoms with van der Waals surface area (Å²) in [6, 6.07) is 12.2. The molecule has 0 bridgehead atoms. The van der Waals surface area contributed by atoms with Gasteiger partial charge in [0.15, 0.2) is 0 Å². The van der Waals surface area contributed by atoms with Gasteiger partial charge in [-0.2, -0.15) is 0 Å². The fourth-order valence-electron chi connectivity index (χ4n) is 3.69. The number of nitrogens with zero attached hydrogens (tertiary/aromatic N) is 2. The van der Waals surface area contributed by atoms with Crippen molar-refractivity contribution in [2.24, 2.45) is 0 Å². The Labute approximate surface area is 161 Å². The Morgan fingerprint density at radius 1 is 1.07 bits per heavy atom. The van der Waals surface area contributed by atoms with Crippen LogP contribution in [0.2, 0.25) is 0 Å². The predicted molar refractivity (Wildman–Crippen MR) is 103 cm³/mol. The third kappa shape index (κ3) is 5.32. The molecule has 148 valence electrons. The standard InChI is InChI=1S/C21H30N2O4/c1-2-26-21-6-4-3-5-17(21)13-23-11-10-22(14-18(23)9-12-24)15-19-7-8-20(16-25)27-19/h3-8,18,24-25H,2,9-16H2,1H3/t18-/m1/s1. The lowest BCUT2D eigenvalue weighted by Gasteiger charge is -2.41. The average molecular weight is 374 g/mol. The third-order valence-electron chi connectivity index (χ3n) is 5.05. The van der Waals surface area contributed by atoms with Crippen LogP contribution in [0.15, 0.2) is 40.8 Å². The Morgan fingerprint density at radius 2 is 1.89 bits per heavy atom. The van der Waals surface area contributed by atoms with Crippen molar-refractivity contribution in [1.82, 2.24) is 9.80 Å². The zero-order chi connectivity index (χ0) is 19.1. The highest BCUT2D eigenvalue weighted by molar-refractivity contribution is 5.33. The van der Waals surface area contributed by atoms with Crippen LogP contribution in [0, 0.1) is 0 Å². The van der Waals surface area contributed by atoms with Gasteiger partial charge in [-0.15, -0.1) is 0 Å². The Kier molecular flexibility index (Phi) is 7.29. The van der Waals surface area contributed by atoms with Crippen molar-refractivity contribution in [3.63, 3.8) is 0 Å². The lowest BCUT2D eigenvalue weighted by molar-refractivity contribution is 0.0459. The molecule has 1 saturated heterocycles. The summed E-state index contributed by atoms with van der Waals surface area (Å²) in [5, 5.41) is 18.7. The van der Waals surface area contributed by atoms with Gasteiger partial charge in [0.05, 0.1) is 13.2 Å². The van der Waals surface area contributed by atoms with Gasteiger partial charge in [0.25, 0.3) is 0 Å². The average Bonchev–Trinajstić information content (AvgIpc) is 3.13. The molecule has 1 atom stereocenters. The summed E-state index contributed by atoms with van der Waals surface area (Å²) in [5.74, 6) is 2.41. The fourth-order valence-corrected chi connectivity index (χ4v) is 3.69. The van der Waals surface area contributed by atoms with Gasteiger partial charge in [0.2, 0.25) is 0 Å². The molecule has 0 unspecified atom stereocenters. The molecule has 0 amide bonds. The molecule has 0 aliphatic carbocycles. The van der Waals surface area contributed by atoms with E-state index in [2.05, 4.69) is 15.9 Å². The summed E-state index contributed by atoms with van der Waals surface area (Å²) >= 11 is 0. The van der Waals surface area contributed by atoms with Gasteiger partial charge in [-0.3, -0.25) is 9.80 Å². The van der Waals surface area contributed by atoms with Crippen molar-refractivity contribution < 1.29 is 19.4 Å². The topological polar surface area (TPSA) is 69.3 Å². The molecule has 27 heavy (non-hydrogen) atoms. The highest BCUT2D eigenvalue weighted by Gasteiger charge is 2.27. The van der Waals surface area contributed by atoms with E-state index >= 15 is 0 Å². The number of para-hydroxylation sites is 1. The first-order valence-corrected chi connectivity index (χ1v) is 9.70. The van der Waals surface area contributed by atoms with E-state index in [4.69, 9.17) is 14.3 Å². The molecule has 2 N–H and O–H groups in total. The molecule has 3 rings (SSSR count). The van der Waals surface area contributed by atoms with Crippen LogP contribution in [0.1, 0.15) is 30.4 Å². The van der Waals surface area contributed by atoms with Gasteiger partial charge in [0.1, 0.15) is 23.9 Å². The summed E-state index contributed by atoms with van der Waals surface area (Å²) in [4.78, 5) is 4.79. The molecular formula is C21H30N2O4. The first-order chi connectivity index (χ1) is 13.2. The Hall–Kier alpha value is -1.86. The lowest BCUT2D eigenvalue weighted by atomic mass is 10.1. The lowest BCUT2D eigenvalue weighted by Crippen LogP contribution is -2.52. The van der Waals surface area contributed by atoms with Crippen LogP contribution in [0.3, 0.4) is 0 Å². The fraction of sp³-hybridized carbons (Fsp3) is 0.524. The van der Waals surface area contributed by atoms with E-state index in [1.54, 1.807) is 0 Å². The molecule has 1 aliphatic rings. The van der Waals surface area contributed by atoms with Crippen molar-refractivity contribution in [2.45, 2.75) is 39.1 Å². The molecule has 2 heterocycles. The molecule has 1 aromatic heterocycles. The second-order valence-electron chi connectivity index (χ2n) is 6.94. The van der Waals surface area contributed by atoms with Crippen LogP contribution in [0.4, 0.5) is 0 Å². The van der Waals surface area contributed by atoms with Crippen molar-refractivity contribution in [3.8, 4) is 5.75 Å². The minimum Gasteiger partial charge on any atom is -0.494 e. The third-order valence-corrected chi connectivity index (χ3v) is 5.05. The molecule has 0 radical (unpaired) electrons. The van der Waals surface area contributed by atoms with E-state index < -0.39 is 0 Å². The van der Waals surface area contributed by atoms with Crippen LogP contribution in [-0.2, 0) is 19.7 Å². The van der Waals surface area contributed by atoms with Crippen molar-refractivity contribution in [3.05, 3.63) is 53.5 Å². The number of hydrogen-bond acceptors (Lipinski definition) is 6. The molecule has 1 fully saturated rings. The molecular weight excluding hydrogens is 344 g/mol. The number of furan rings is 1. The van der Waals surface area contributed by atoms with Gasteiger partial charge in [-0.1, -0.05) is 18.2 Å². The number of rotatable bonds is 9. The van der Waals surface area contributed by atoms with E-state index in [-0.39, 0.29) is 19.3 Å². The van der Waals surface area contributed by atoms with E-state index in [0.717, 1.165) is 50.7 Å². The van der Waals surface area contributed by atoms with Gasteiger partial charge in [-0.25, -0.2) is 0 Å². The second kappa shape index (κ2) is 9.90. The van der Waals surface area contributed by atoms with Crippen LogP contribution < -0.4 is 4.74 Å². The minimum absolute atomic E-state index is 0.0693. The van der Waals surface area contributed by atoms with E-state index in [9.17, 15) is 5.11 Å². The molecule has 6 nitrogen and oxygen atoms in total. The Bertz CT molecular complexity index is 703. The molecule has 6 heteroatoms. The van der Waals surface area contributed by atoms with E-state index in [0.29, 0.717) is 12.4 Å². The monoisotopic (exact) mass is 374 g/mol. The maximum absolute atomic E-state index is 9.54. The van der Waals surface area contributed by atoms with Crippen LogP contribution >= 0.6 is 0 Å². The first kappa shape index (κ1) is 19.9. The van der Waals surface area contributed by atoms with Crippen molar-refractivity contribution in [2.75, 3.05) is 32.8 Å². The number of aliphatic hydroxyl groups is 2. The summed E-state index contributed by atoms with van der Waals surface area (Å²) in [6.07, 6.45) is 0.743. The highest BCUT2D eigenvalue weighted by Crippen LogP contribution is 2.24. The van der Waals surface area contributed by atoms with Crippen LogP contribution in [0.25, 0.3) is 0 Å². The SMILES string of the molecule is CCOc1ccccc1CN1CCN(Cc2ccc(CO)o2)C[C@H]1CCO. The van der Waals surface area contributed by atoms with Gasteiger partial charge in [0, 0.05) is 44.4 Å². The summed E-state index contributed by atoms with van der Waals surface area (Å²) in [7, 11) is 0. The van der Waals surface area contributed by atoms with E-state index in [1.165, 1.54) is 5.56 Å². The smallest absolute Gasteiger partial charge is 0.129 e. The van der Waals surface area contributed by atoms with Gasteiger partial charge < -0.3 is 19.4 Å². The van der Waals surface area contributed by atoms with Crippen LogP contribution in [0.5, 0.6) is 5.75 Å². The zero-order valence-electron chi connectivity index (χ0n) is 16.0. The molecule has 0 spiro atoms. The molecule has 0 saturated carbocycles. The zero-order valence-corrected chi connectivity index (χ0v) is 16.0. The second-order valence-corrected chi connectivity index (χ2v) is 6.94. The van der Waals surface area contributed by atoms with Crippen LogP contribution in [-0.4, -0.2) is 58.9 Å². The largest absolute Gasteiger partial charge is 0.494 e. The van der Waals surface area contributed by atoms with Crippen molar-refractivity contribution in [1.29, 1.82) is 0 Å². The maximum atomic E-state index is 9.54. The van der Waals surface area contributed by atoms with Crippen molar-refractivity contribution >= 4 is 0 Å². The minimum atomic E-state index is -0.0693. The first-order valence-electron chi connectivity index (χ1n) is 9.70. The Morgan fingerprint density at radius 3 is 2.63 bits per heavy atom. The quantitative estimate of drug-likeness (QED) is 0.702. The maximum Gasteiger partial charge on any atom is 0.129 e. The molecule has 2 aromatic rings. The summed E-state index contributed by atoms with van der Waals surface area (Å²) in [5.41, 5.74) is 1.19. The number of aliphatic hydroxyl groups excluding tert-OH is 2. The molecule has 1 aromatic carbocycles. The molecule has 1 aliphatic heterocycles. The summed E-state index contributed by atoms with van der Waals surface area (Å²) < 4.78 is 11.4. The van der Waals surface area contributed by atoms with Gasteiger partial charge in [-0.05, 0) is 31.5 Å². The number of ether oxygens (including phenoxy) is 1. The number of hydrogen-bond donors (Lipinski definition) is 2. The van der Waals surface area contributed by atoms with E-state index in [1.807, 2.05) is 37.3 Å². The number of benzene rings is 1. The normalized spacial score (nSPS) is 18.7.